The number of carbonyl (C=O) groups excluding carboxylic acids is 4. The highest BCUT2D eigenvalue weighted by atomic mass is 16.2. The summed E-state index contributed by atoms with van der Waals surface area (Å²) in [5.74, 6) is -0.946. The monoisotopic (exact) mass is 514 g/mol. The average molecular weight is 515 g/mol. The normalized spacial score (nSPS) is 10.4. The van der Waals surface area contributed by atoms with Gasteiger partial charge in [0, 0.05) is 46.7 Å². The molecule has 4 N–H and O–H groups in total. The number of hydrogen-bond donors (Lipinski definition) is 4. The van der Waals surface area contributed by atoms with Crippen LogP contribution < -0.4 is 21.3 Å². The molecule has 0 aliphatic carbocycles. The molecule has 3 aromatic rings. The minimum atomic E-state index is -0.329. The van der Waals surface area contributed by atoms with Crippen LogP contribution in [-0.2, 0) is 0 Å². The molecule has 0 saturated carbocycles. The summed E-state index contributed by atoms with van der Waals surface area (Å²) < 4.78 is 0. The summed E-state index contributed by atoms with van der Waals surface area (Å²) >= 11 is 0. The van der Waals surface area contributed by atoms with Gasteiger partial charge in [-0.15, -0.1) is 0 Å². The Bertz CT molecular complexity index is 1140. The van der Waals surface area contributed by atoms with E-state index in [0.717, 1.165) is 25.7 Å². The molecule has 8 nitrogen and oxygen atoms in total. The highest BCUT2D eigenvalue weighted by Gasteiger charge is 2.11. The summed E-state index contributed by atoms with van der Waals surface area (Å²) in [6, 6.07) is 19.6. The topological polar surface area (TPSA) is 116 Å². The van der Waals surface area contributed by atoms with Crippen LogP contribution in [0.4, 0.5) is 11.4 Å². The van der Waals surface area contributed by atoms with Gasteiger partial charge in [-0.2, -0.15) is 0 Å². The first kappa shape index (κ1) is 28.1. The summed E-state index contributed by atoms with van der Waals surface area (Å²) in [7, 11) is 0. The molecule has 3 aromatic carbocycles. The first-order chi connectivity index (χ1) is 18.4. The van der Waals surface area contributed by atoms with Gasteiger partial charge in [0.15, 0.2) is 0 Å². The first-order valence-electron chi connectivity index (χ1n) is 12.9. The Morgan fingerprint density at radius 2 is 0.763 bits per heavy atom. The molecule has 0 bridgehead atoms. The van der Waals surface area contributed by atoms with E-state index in [-0.39, 0.29) is 23.6 Å². The Morgan fingerprint density at radius 1 is 0.474 bits per heavy atom. The van der Waals surface area contributed by atoms with Gasteiger partial charge in [0.1, 0.15) is 0 Å². The number of carbonyl (C=O) groups is 4. The fraction of sp³-hybridized carbons (Fsp3) is 0.267. The molecule has 0 aromatic heterocycles. The summed E-state index contributed by atoms with van der Waals surface area (Å²) in [5.41, 5.74) is 2.95. The maximum absolute atomic E-state index is 12.6. The van der Waals surface area contributed by atoms with Gasteiger partial charge in [-0.25, -0.2) is 0 Å². The van der Waals surface area contributed by atoms with Crippen molar-refractivity contribution in [3.05, 3.63) is 95.1 Å². The lowest BCUT2D eigenvalue weighted by Crippen LogP contribution is -2.24. The van der Waals surface area contributed by atoms with Crippen molar-refractivity contribution in [2.75, 3.05) is 23.7 Å². The second kappa shape index (κ2) is 14.3. The third-order valence-corrected chi connectivity index (χ3v) is 5.85. The highest BCUT2D eigenvalue weighted by molar-refractivity contribution is 6.07. The molecule has 0 heterocycles. The quantitative estimate of drug-likeness (QED) is 0.247. The lowest BCUT2D eigenvalue weighted by Gasteiger charge is -2.09. The van der Waals surface area contributed by atoms with Gasteiger partial charge in [-0.1, -0.05) is 26.7 Å². The first-order valence-corrected chi connectivity index (χ1v) is 12.9. The summed E-state index contributed by atoms with van der Waals surface area (Å²) in [4.78, 5) is 49.5. The molecule has 0 unspecified atom stereocenters. The summed E-state index contributed by atoms with van der Waals surface area (Å²) in [6.45, 7) is 5.38. The number of unbranched alkanes of at least 4 members (excludes halogenated alkanes) is 2. The molecular formula is C30H34N4O4. The number of rotatable bonds is 12. The Morgan fingerprint density at radius 3 is 1.08 bits per heavy atom. The van der Waals surface area contributed by atoms with E-state index in [2.05, 4.69) is 35.1 Å². The Kier molecular flexibility index (Phi) is 10.6. The van der Waals surface area contributed by atoms with Gasteiger partial charge >= 0.3 is 0 Å². The van der Waals surface area contributed by atoms with Crippen LogP contribution in [0, 0.1) is 0 Å². The average Bonchev–Trinajstić information content (AvgIpc) is 2.94. The maximum Gasteiger partial charge on any atom is 0.255 e. The second-order valence-electron chi connectivity index (χ2n) is 8.86. The molecule has 0 radical (unpaired) electrons. The molecule has 8 heteroatoms. The van der Waals surface area contributed by atoms with Crippen molar-refractivity contribution in [3.8, 4) is 0 Å². The van der Waals surface area contributed by atoms with Crippen molar-refractivity contribution in [1.82, 2.24) is 10.6 Å². The van der Waals surface area contributed by atoms with E-state index in [1.165, 1.54) is 0 Å². The maximum atomic E-state index is 12.6. The molecule has 198 valence electrons. The largest absolute Gasteiger partial charge is 0.352 e. The van der Waals surface area contributed by atoms with Gasteiger partial charge in [0.25, 0.3) is 23.6 Å². The molecule has 4 amide bonds. The Hall–Kier alpha value is -4.46. The van der Waals surface area contributed by atoms with Crippen molar-refractivity contribution in [2.45, 2.75) is 39.5 Å². The van der Waals surface area contributed by atoms with Crippen LogP contribution in [0.25, 0.3) is 0 Å². The fourth-order valence-electron chi connectivity index (χ4n) is 3.55. The van der Waals surface area contributed by atoms with Gasteiger partial charge in [-0.3, -0.25) is 19.2 Å². The second-order valence-corrected chi connectivity index (χ2v) is 8.86. The van der Waals surface area contributed by atoms with Crippen LogP contribution in [0.15, 0.2) is 72.8 Å². The smallest absolute Gasteiger partial charge is 0.255 e. The third kappa shape index (κ3) is 8.30. The third-order valence-electron chi connectivity index (χ3n) is 5.85. The number of hydrogen-bond acceptors (Lipinski definition) is 4. The number of benzene rings is 3. The lowest BCUT2D eigenvalue weighted by molar-refractivity contribution is 0.0945. The van der Waals surface area contributed by atoms with Crippen LogP contribution in [0.3, 0.4) is 0 Å². The highest BCUT2D eigenvalue weighted by Crippen LogP contribution is 2.15. The van der Waals surface area contributed by atoms with Crippen LogP contribution in [0.1, 0.15) is 81.0 Å². The zero-order chi connectivity index (χ0) is 27.3. The van der Waals surface area contributed by atoms with Crippen LogP contribution >= 0.6 is 0 Å². The molecule has 0 saturated heterocycles. The van der Waals surface area contributed by atoms with Gasteiger partial charge < -0.3 is 21.3 Å². The van der Waals surface area contributed by atoms with E-state index < -0.39 is 0 Å². The molecule has 0 fully saturated rings. The van der Waals surface area contributed by atoms with Crippen molar-refractivity contribution in [2.24, 2.45) is 0 Å². The fourth-order valence-corrected chi connectivity index (χ4v) is 3.55. The summed E-state index contributed by atoms with van der Waals surface area (Å²) in [5, 5.41) is 11.3. The van der Waals surface area contributed by atoms with Crippen molar-refractivity contribution in [3.63, 3.8) is 0 Å². The van der Waals surface area contributed by atoms with Gasteiger partial charge in [0.2, 0.25) is 0 Å². The standard InChI is InChI=1S/C30H34N4O4/c1-3-5-19-31-27(35)21-11-15-25(16-12-21)33-29(37)23-7-9-24(10-8-23)30(38)34-26-17-13-22(14-18-26)28(36)32-20-6-4-2/h7-18H,3-6,19-20H2,1-2H3,(H,31,35)(H,32,36)(H,33,37)(H,34,38). The minimum Gasteiger partial charge on any atom is -0.352 e. The molecule has 3 rings (SSSR count). The Balaban J connectivity index is 1.52. The van der Waals surface area contributed by atoms with Crippen LogP contribution in [-0.4, -0.2) is 36.7 Å². The van der Waals surface area contributed by atoms with Crippen molar-refractivity contribution >= 4 is 35.0 Å². The van der Waals surface area contributed by atoms with E-state index in [1.807, 2.05) is 0 Å². The van der Waals surface area contributed by atoms with E-state index in [9.17, 15) is 19.2 Å². The van der Waals surface area contributed by atoms with Crippen LogP contribution in [0.5, 0.6) is 0 Å². The molecular weight excluding hydrogens is 480 g/mol. The van der Waals surface area contributed by atoms with Crippen molar-refractivity contribution in [1.29, 1.82) is 0 Å². The molecule has 0 atom stereocenters. The molecule has 0 aliphatic rings. The van der Waals surface area contributed by atoms with E-state index >= 15 is 0 Å². The molecule has 38 heavy (non-hydrogen) atoms. The minimum absolute atomic E-state index is 0.144. The summed E-state index contributed by atoms with van der Waals surface area (Å²) in [6.07, 6.45) is 3.86. The van der Waals surface area contributed by atoms with Crippen LogP contribution in [0.2, 0.25) is 0 Å². The van der Waals surface area contributed by atoms with Crippen molar-refractivity contribution < 1.29 is 19.2 Å². The predicted molar refractivity (Wildman–Crippen MR) is 150 cm³/mol. The SMILES string of the molecule is CCCCNC(=O)c1ccc(NC(=O)c2ccc(C(=O)Nc3ccc(C(=O)NCCCC)cc3)cc2)cc1. The van der Waals surface area contributed by atoms with Gasteiger partial charge in [-0.05, 0) is 85.6 Å². The Labute approximate surface area is 223 Å². The van der Waals surface area contributed by atoms with Gasteiger partial charge in [0.05, 0.1) is 0 Å². The predicted octanol–water partition coefficient (Wildman–Crippen LogP) is 5.25. The number of anilines is 2. The molecule has 0 aliphatic heterocycles. The number of nitrogens with one attached hydrogen (secondary N) is 4. The number of amides is 4. The van der Waals surface area contributed by atoms with E-state index in [1.54, 1.807) is 72.8 Å². The molecule has 0 spiro atoms. The zero-order valence-corrected chi connectivity index (χ0v) is 21.8. The zero-order valence-electron chi connectivity index (χ0n) is 21.8. The van der Waals surface area contributed by atoms with E-state index in [0.29, 0.717) is 46.7 Å². The van der Waals surface area contributed by atoms with E-state index in [4.69, 9.17) is 0 Å². The lowest BCUT2D eigenvalue weighted by atomic mass is 10.1.